The standard InChI is InChI=1S/C15H15FN2O2S/c1-10-3-2-4-13(17)15(10)21(19,20)18-8-7-11-5-6-12(16)9-14(11)18/h2-6,9H,7-8,17H2,1H3. The fraction of sp³-hybridized carbons (Fsp3) is 0.200. The van der Waals surface area contributed by atoms with Crippen molar-refractivity contribution in [3.8, 4) is 0 Å². The second kappa shape index (κ2) is 4.73. The van der Waals surface area contributed by atoms with E-state index in [4.69, 9.17) is 5.73 Å². The normalized spacial score (nSPS) is 14.3. The monoisotopic (exact) mass is 306 g/mol. The van der Waals surface area contributed by atoms with Crippen molar-refractivity contribution in [1.82, 2.24) is 0 Å². The minimum Gasteiger partial charge on any atom is -0.398 e. The van der Waals surface area contributed by atoms with Crippen LogP contribution in [0, 0.1) is 12.7 Å². The van der Waals surface area contributed by atoms with Gasteiger partial charge in [0.25, 0.3) is 10.0 Å². The van der Waals surface area contributed by atoms with E-state index in [9.17, 15) is 12.8 Å². The third-order valence-corrected chi connectivity index (χ3v) is 5.72. The van der Waals surface area contributed by atoms with Crippen molar-refractivity contribution >= 4 is 21.4 Å². The lowest BCUT2D eigenvalue weighted by molar-refractivity contribution is 0.592. The van der Waals surface area contributed by atoms with E-state index in [-0.39, 0.29) is 10.6 Å². The van der Waals surface area contributed by atoms with E-state index < -0.39 is 15.8 Å². The molecule has 0 saturated carbocycles. The van der Waals surface area contributed by atoms with Gasteiger partial charge in [0.15, 0.2) is 0 Å². The molecular weight excluding hydrogens is 291 g/mol. The fourth-order valence-electron chi connectivity index (χ4n) is 2.71. The van der Waals surface area contributed by atoms with Gasteiger partial charge in [0.2, 0.25) is 0 Å². The molecule has 0 spiro atoms. The van der Waals surface area contributed by atoms with E-state index in [2.05, 4.69) is 0 Å². The molecule has 2 aromatic rings. The van der Waals surface area contributed by atoms with E-state index in [1.807, 2.05) is 0 Å². The summed E-state index contributed by atoms with van der Waals surface area (Å²) in [6.45, 7) is 2.00. The number of rotatable bonds is 2. The van der Waals surface area contributed by atoms with E-state index in [1.165, 1.54) is 16.4 Å². The lowest BCUT2D eigenvalue weighted by Crippen LogP contribution is -2.30. The lowest BCUT2D eigenvalue weighted by atomic mass is 10.2. The van der Waals surface area contributed by atoms with Crippen LogP contribution in [0.1, 0.15) is 11.1 Å². The van der Waals surface area contributed by atoms with Gasteiger partial charge in [-0.15, -0.1) is 0 Å². The molecule has 0 bridgehead atoms. The number of nitrogens with zero attached hydrogens (tertiary/aromatic N) is 1. The number of sulfonamides is 1. The Hall–Kier alpha value is -2.08. The van der Waals surface area contributed by atoms with Gasteiger partial charge in [-0.3, -0.25) is 4.31 Å². The molecule has 1 aliphatic heterocycles. The minimum absolute atomic E-state index is 0.0992. The summed E-state index contributed by atoms with van der Waals surface area (Å²) in [7, 11) is -3.79. The van der Waals surface area contributed by atoms with Crippen LogP contribution in [0.4, 0.5) is 15.8 Å². The number of anilines is 2. The van der Waals surface area contributed by atoms with Gasteiger partial charge in [0.05, 0.1) is 11.4 Å². The quantitative estimate of drug-likeness (QED) is 0.867. The average molecular weight is 306 g/mol. The van der Waals surface area contributed by atoms with Crippen LogP contribution in [0.25, 0.3) is 0 Å². The molecular formula is C15H15FN2O2S. The Kier molecular flexibility index (Phi) is 3.13. The number of halogens is 1. The van der Waals surface area contributed by atoms with Gasteiger partial charge in [-0.05, 0) is 42.7 Å². The third-order valence-electron chi connectivity index (χ3n) is 3.69. The number of benzene rings is 2. The lowest BCUT2D eigenvalue weighted by Gasteiger charge is -2.21. The summed E-state index contributed by atoms with van der Waals surface area (Å²) in [6.07, 6.45) is 0.570. The molecule has 2 aromatic carbocycles. The Morgan fingerprint density at radius 3 is 2.71 bits per heavy atom. The third kappa shape index (κ3) is 2.15. The molecule has 4 nitrogen and oxygen atoms in total. The summed E-state index contributed by atoms with van der Waals surface area (Å²) >= 11 is 0. The topological polar surface area (TPSA) is 63.4 Å². The van der Waals surface area contributed by atoms with Crippen molar-refractivity contribution in [2.45, 2.75) is 18.2 Å². The van der Waals surface area contributed by atoms with Crippen molar-refractivity contribution in [3.63, 3.8) is 0 Å². The molecule has 0 aromatic heterocycles. The van der Waals surface area contributed by atoms with Gasteiger partial charge in [0.1, 0.15) is 10.7 Å². The summed E-state index contributed by atoms with van der Waals surface area (Å²) in [5.41, 5.74) is 7.86. The Labute approximate surface area is 123 Å². The molecule has 21 heavy (non-hydrogen) atoms. The molecule has 0 unspecified atom stereocenters. The summed E-state index contributed by atoms with van der Waals surface area (Å²) in [5, 5.41) is 0. The number of nitrogen functional groups attached to an aromatic ring is 1. The first-order valence-electron chi connectivity index (χ1n) is 6.57. The maximum Gasteiger partial charge on any atom is 0.266 e. The van der Waals surface area contributed by atoms with Crippen molar-refractivity contribution < 1.29 is 12.8 Å². The zero-order valence-corrected chi connectivity index (χ0v) is 12.3. The maximum atomic E-state index is 13.4. The highest BCUT2D eigenvalue weighted by molar-refractivity contribution is 7.93. The first-order valence-corrected chi connectivity index (χ1v) is 8.01. The van der Waals surface area contributed by atoms with Crippen LogP contribution in [0.15, 0.2) is 41.3 Å². The highest BCUT2D eigenvalue weighted by Crippen LogP contribution is 2.35. The van der Waals surface area contributed by atoms with Crippen molar-refractivity contribution in [2.24, 2.45) is 0 Å². The zero-order chi connectivity index (χ0) is 15.2. The summed E-state index contributed by atoms with van der Waals surface area (Å²) in [6, 6.07) is 9.20. The molecule has 1 aliphatic rings. The molecule has 6 heteroatoms. The smallest absolute Gasteiger partial charge is 0.266 e. The largest absolute Gasteiger partial charge is 0.398 e. The van der Waals surface area contributed by atoms with Gasteiger partial charge in [-0.1, -0.05) is 18.2 Å². The summed E-state index contributed by atoms with van der Waals surface area (Å²) in [4.78, 5) is 0.0992. The molecule has 0 fully saturated rings. The van der Waals surface area contributed by atoms with Crippen molar-refractivity contribution in [2.75, 3.05) is 16.6 Å². The molecule has 0 radical (unpaired) electrons. The van der Waals surface area contributed by atoms with Crippen molar-refractivity contribution in [3.05, 3.63) is 53.3 Å². The first-order chi connectivity index (χ1) is 9.91. The Bertz CT molecular complexity index is 798. The SMILES string of the molecule is Cc1cccc(N)c1S(=O)(=O)N1CCc2ccc(F)cc21. The van der Waals surface area contributed by atoms with Crippen LogP contribution >= 0.6 is 0 Å². The van der Waals surface area contributed by atoms with Gasteiger partial charge < -0.3 is 5.73 Å². The van der Waals surface area contributed by atoms with E-state index >= 15 is 0 Å². The Balaban J connectivity index is 2.16. The second-order valence-electron chi connectivity index (χ2n) is 5.09. The minimum atomic E-state index is -3.79. The molecule has 0 saturated heterocycles. The Morgan fingerprint density at radius 1 is 1.24 bits per heavy atom. The molecule has 0 aliphatic carbocycles. The molecule has 0 atom stereocenters. The van der Waals surface area contributed by atoms with E-state index in [0.717, 1.165) is 5.56 Å². The van der Waals surface area contributed by atoms with Crippen LogP contribution in [0.2, 0.25) is 0 Å². The number of hydrogen-bond donors (Lipinski definition) is 1. The second-order valence-corrected chi connectivity index (χ2v) is 6.89. The molecule has 110 valence electrons. The van der Waals surface area contributed by atoms with Crippen molar-refractivity contribution in [1.29, 1.82) is 0 Å². The predicted octanol–water partition coefficient (Wildman–Crippen LogP) is 2.47. The van der Waals surface area contributed by atoms with Gasteiger partial charge >= 0.3 is 0 Å². The molecule has 0 amide bonds. The fourth-order valence-corrected chi connectivity index (χ4v) is 4.53. The van der Waals surface area contributed by atoms with Gasteiger partial charge in [-0.25, -0.2) is 12.8 Å². The van der Waals surface area contributed by atoms with Crippen LogP contribution in [-0.2, 0) is 16.4 Å². The van der Waals surface area contributed by atoms with Crippen LogP contribution < -0.4 is 10.0 Å². The van der Waals surface area contributed by atoms with Crippen LogP contribution in [0.3, 0.4) is 0 Å². The zero-order valence-electron chi connectivity index (χ0n) is 11.5. The molecule has 2 N–H and O–H groups in total. The van der Waals surface area contributed by atoms with Crippen LogP contribution in [0.5, 0.6) is 0 Å². The highest BCUT2D eigenvalue weighted by Gasteiger charge is 2.33. The maximum absolute atomic E-state index is 13.4. The molecule has 1 heterocycles. The highest BCUT2D eigenvalue weighted by atomic mass is 32.2. The number of fused-ring (bicyclic) bond motifs is 1. The van der Waals surface area contributed by atoms with Gasteiger partial charge in [-0.2, -0.15) is 0 Å². The summed E-state index contributed by atoms with van der Waals surface area (Å²) in [5.74, 6) is -0.450. The first kappa shape index (κ1) is 13.9. The Morgan fingerprint density at radius 2 is 2.00 bits per heavy atom. The predicted molar refractivity (Wildman–Crippen MR) is 80.2 cm³/mol. The van der Waals surface area contributed by atoms with E-state index in [1.54, 1.807) is 31.2 Å². The van der Waals surface area contributed by atoms with E-state index in [0.29, 0.717) is 24.2 Å². The average Bonchev–Trinajstić information content (AvgIpc) is 2.81. The number of hydrogen-bond acceptors (Lipinski definition) is 3. The van der Waals surface area contributed by atoms with Gasteiger partial charge in [0, 0.05) is 6.54 Å². The number of aryl methyl sites for hydroxylation is 1. The number of nitrogens with two attached hydrogens (primary N) is 1. The molecule has 3 rings (SSSR count). The van der Waals surface area contributed by atoms with Crippen LogP contribution in [-0.4, -0.2) is 15.0 Å². The summed E-state index contributed by atoms with van der Waals surface area (Å²) < 4.78 is 40.4.